The Bertz CT molecular complexity index is 1270. The Morgan fingerprint density at radius 3 is 2.33 bits per heavy atom. The Morgan fingerprint density at radius 1 is 0.923 bits per heavy atom. The van der Waals surface area contributed by atoms with Gasteiger partial charge in [-0.2, -0.15) is 4.57 Å². The Labute approximate surface area is 233 Å². The van der Waals surface area contributed by atoms with Crippen LogP contribution in [0.4, 0.5) is 0 Å². The Hall–Kier alpha value is -3.06. The average Bonchev–Trinajstić information content (AvgIpc) is 2.87. The number of benzene rings is 2. The van der Waals surface area contributed by atoms with Gasteiger partial charge in [0.2, 0.25) is 16.9 Å². The van der Waals surface area contributed by atoms with Gasteiger partial charge in [-0.15, -0.1) is 0 Å². The molecule has 0 radical (unpaired) electrons. The minimum Gasteiger partial charge on any atom is -0.494 e. The van der Waals surface area contributed by atoms with Crippen LogP contribution in [0.25, 0.3) is 22.1 Å². The monoisotopic (exact) mass is 535 g/mol. The third-order valence-corrected chi connectivity index (χ3v) is 6.83. The summed E-state index contributed by atoms with van der Waals surface area (Å²) in [7, 11) is 1.67. The normalized spacial score (nSPS) is 13.0. The van der Waals surface area contributed by atoms with Crippen LogP contribution in [0.3, 0.4) is 0 Å². The summed E-state index contributed by atoms with van der Waals surface area (Å²) in [5, 5.41) is 6.55. The molecule has 0 saturated carbocycles. The quantitative estimate of drug-likeness (QED) is 0.171. The van der Waals surface area contributed by atoms with Gasteiger partial charge < -0.3 is 15.4 Å². The van der Waals surface area contributed by atoms with Crippen LogP contribution in [0, 0.1) is 5.41 Å². The molecule has 7 heteroatoms. The van der Waals surface area contributed by atoms with Crippen molar-refractivity contribution in [3.63, 3.8) is 0 Å². The predicted octanol–water partition coefficient (Wildman–Crippen LogP) is 5.51. The second-order valence-electron chi connectivity index (χ2n) is 12.4. The van der Waals surface area contributed by atoms with Crippen molar-refractivity contribution in [2.45, 2.75) is 98.2 Å². The second-order valence-corrected chi connectivity index (χ2v) is 12.4. The van der Waals surface area contributed by atoms with Gasteiger partial charge in [-0.25, -0.2) is 4.98 Å². The summed E-state index contributed by atoms with van der Waals surface area (Å²) < 4.78 is 7.83. The van der Waals surface area contributed by atoms with E-state index in [-0.39, 0.29) is 28.7 Å². The van der Waals surface area contributed by atoms with Crippen molar-refractivity contribution in [3.05, 3.63) is 42.5 Å². The van der Waals surface area contributed by atoms with Gasteiger partial charge in [0.25, 0.3) is 0 Å². The van der Waals surface area contributed by atoms with E-state index >= 15 is 0 Å². The molecule has 1 heterocycles. The number of para-hydroxylation sites is 3. The number of carbonyl (C=O) groups excluding carboxylic acids is 2. The van der Waals surface area contributed by atoms with E-state index in [0.717, 1.165) is 66.5 Å². The maximum absolute atomic E-state index is 12.9. The molecule has 3 aromatic rings. The minimum atomic E-state index is -0.379. The van der Waals surface area contributed by atoms with Crippen LogP contribution in [0.5, 0.6) is 5.75 Å². The molecule has 0 aliphatic heterocycles. The van der Waals surface area contributed by atoms with Crippen molar-refractivity contribution in [2.75, 3.05) is 13.7 Å². The molecule has 2 aromatic carbocycles. The number of rotatable bonds is 13. The van der Waals surface area contributed by atoms with Crippen molar-refractivity contribution < 1.29 is 18.9 Å². The number of nitrogens with one attached hydrogen (secondary N) is 2. The molecule has 39 heavy (non-hydrogen) atoms. The highest BCUT2D eigenvalue weighted by Crippen LogP contribution is 2.24. The van der Waals surface area contributed by atoms with Gasteiger partial charge in [0.15, 0.2) is 17.0 Å². The molecule has 2 N–H and O–H groups in total. The number of ketones is 1. The lowest BCUT2D eigenvalue weighted by Gasteiger charge is -2.31. The first-order valence-electron chi connectivity index (χ1n) is 14.2. The summed E-state index contributed by atoms with van der Waals surface area (Å²) in [6.45, 7) is 13.6. The van der Waals surface area contributed by atoms with Crippen molar-refractivity contribution in [3.8, 4) is 5.75 Å². The molecule has 0 aliphatic carbocycles. The Balaban J connectivity index is 1.47. The van der Waals surface area contributed by atoms with E-state index in [1.165, 1.54) is 0 Å². The lowest BCUT2D eigenvalue weighted by molar-refractivity contribution is -0.646. The molecule has 0 spiro atoms. The minimum absolute atomic E-state index is 0.0845. The van der Waals surface area contributed by atoms with E-state index in [2.05, 4.69) is 48.1 Å². The molecule has 0 bridgehead atoms. The SMILES string of the molecule is COc1cccc2c1nc1ccccc1[n+]2CCCCC(=O)NCCCCC(NC(C)(C)C)C(=O)C(C)(C)C. The van der Waals surface area contributed by atoms with Crippen molar-refractivity contribution in [2.24, 2.45) is 5.41 Å². The Kier molecular flexibility index (Phi) is 10.4. The molecular weight excluding hydrogens is 488 g/mol. The van der Waals surface area contributed by atoms with Crippen LogP contribution in [-0.4, -0.2) is 41.9 Å². The van der Waals surface area contributed by atoms with Crippen molar-refractivity contribution in [1.29, 1.82) is 0 Å². The standard InChI is InChI=1S/C32H46N4O3/c1-31(2,3)30(38)24(35-32(4,5)6)16-10-12-21-33-28(37)20-11-13-22-36-25-17-9-8-15-23(25)34-29-26(36)18-14-19-27(29)39-7/h8-9,14-15,17-19,24,35H,10-13,16,20-22H2,1-7H3/p+1. The van der Waals surface area contributed by atoms with Gasteiger partial charge in [0, 0.05) is 42.5 Å². The molecule has 1 amide bonds. The molecule has 7 nitrogen and oxygen atoms in total. The van der Waals surface area contributed by atoms with Crippen LogP contribution in [0.2, 0.25) is 0 Å². The fourth-order valence-corrected chi connectivity index (χ4v) is 4.94. The first kappa shape index (κ1) is 30.5. The van der Waals surface area contributed by atoms with Crippen LogP contribution >= 0.6 is 0 Å². The molecule has 0 aliphatic rings. The maximum Gasteiger partial charge on any atom is 0.235 e. The van der Waals surface area contributed by atoms with Gasteiger partial charge in [-0.05, 0) is 58.6 Å². The van der Waals surface area contributed by atoms with Crippen LogP contribution in [0.1, 0.15) is 80.1 Å². The second kappa shape index (κ2) is 13.3. The van der Waals surface area contributed by atoms with Gasteiger partial charge in [0.1, 0.15) is 12.1 Å². The van der Waals surface area contributed by atoms with Crippen molar-refractivity contribution >= 4 is 33.8 Å². The largest absolute Gasteiger partial charge is 0.494 e. The molecular formula is C32H47N4O3+. The molecule has 0 fully saturated rings. The highest BCUT2D eigenvalue weighted by molar-refractivity contribution is 5.88. The fraction of sp³-hybridized carbons (Fsp3) is 0.562. The number of Topliss-reactive ketones (excluding diaryl/α,β-unsaturated/α-hetero) is 1. The molecule has 1 unspecified atom stereocenters. The first-order valence-corrected chi connectivity index (χ1v) is 14.2. The smallest absolute Gasteiger partial charge is 0.235 e. The molecule has 3 rings (SSSR count). The van der Waals surface area contributed by atoms with E-state index in [9.17, 15) is 9.59 Å². The van der Waals surface area contributed by atoms with E-state index in [1.807, 2.05) is 51.1 Å². The van der Waals surface area contributed by atoms with Gasteiger partial charge >= 0.3 is 0 Å². The highest BCUT2D eigenvalue weighted by Gasteiger charge is 2.31. The zero-order valence-corrected chi connectivity index (χ0v) is 24.9. The summed E-state index contributed by atoms with van der Waals surface area (Å²) in [6, 6.07) is 14.0. The summed E-state index contributed by atoms with van der Waals surface area (Å²) in [5.41, 5.74) is 3.38. The summed E-state index contributed by atoms with van der Waals surface area (Å²) in [5.74, 6) is 1.09. The molecule has 212 valence electrons. The number of unbranched alkanes of at least 4 members (excludes halogenated alkanes) is 2. The van der Waals surface area contributed by atoms with Crippen LogP contribution in [-0.2, 0) is 16.1 Å². The van der Waals surface area contributed by atoms with E-state index in [0.29, 0.717) is 13.0 Å². The number of nitrogens with zero attached hydrogens (tertiary/aromatic N) is 2. The number of aryl methyl sites for hydroxylation is 1. The van der Waals surface area contributed by atoms with Crippen LogP contribution in [0.15, 0.2) is 42.5 Å². The average molecular weight is 536 g/mol. The number of aromatic nitrogens is 2. The highest BCUT2D eigenvalue weighted by atomic mass is 16.5. The van der Waals surface area contributed by atoms with E-state index in [4.69, 9.17) is 9.72 Å². The predicted molar refractivity (Wildman–Crippen MR) is 158 cm³/mol. The van der Waals surface area contributed by atoms with E-state index < -0.39 is 0 Å². The summed E-state index contributed by atoms with van der Waals surface area (Å²) in [6.07, 6.45) is 4.71. The number of amides is 1. The topological polar surface area (TPSA) is 84.2 Å². The summed E-state index contributed by atoms with van der Waals surface area (Å²) >= 11 is 0. The zero-order chi connectivity index (χ0) is 28.6. The summed E-state index contributed by atoms with van der Waals surface area (Å²) in [4.78, 5) is 30.2. The Morgan fingerprint density at radius 2 is 1.64 bits per heavy atom. The van der Waals surface area contributed by atoms with Crippen LogP contribution < -0.4 is 19.9 Å². The molecule has 1 aromatic heterocycles. The van der Waals surface area contributed by atoms with Gasteiger partial charge in [-0.3, -0.25) is 9.59 Å². The number of methoxy groups -OCH3 is 1. The third-order valence-electron chi connectivity index (χ3n) is 6.83. The number of hydrogen-bond acceptors (Lipinski definition) is 5. The lowest BCUT2D eigenvalue weighted by atomic mass is 9.84. The maximum atomic E-state index is 12.9. The van der Waals surface area contributed by atoms with Crippen molar-refractivity contribution in [1.82, 2.24) is 15.6 Å². The fourth-order valence-electron chi connectivity index (χ4n) is 4.94. The van der Waals surface area contributed by atoms with Gasteiger partial charge in [-0.1, -0.05) is 39.0 Å². The number of fused-ring (bicyclic) bond motifs is 2. The molecule has 1 atom stereocenters. The number of ether oxygens (including phenoxy) is 1. The third kappa shape index (κ3) is 8.72. The number of carbonyl (C=O) groups is 2. The zero-order valence-electron chi connectivity index (χ0n) is 24.9. The van der Waals surface area contributed by atoms with E-state index in [1.54, 1.807) is 7.11 Å². The van der Waals surface area contributed by atoms with Gasteiger partial charge in [0.05, 0.1) is 13.2 Å². The lowest BCUT2D eigenvalue weighted by Crippen LogP contribution is -2.50. The first-order chi connectivity index (χ1) is 18.4. The molecule has 0 saturated heterocycles. The number of hydrogen-bond donors (Lipinski definition) is 2.